The third-order valence-corrected chi connectivity index (χ3v) is 5.90. The lowest BCUT2D eigenvalue weighted by Gasteiger charge is -2.12. The molecule has 3 aromatic rings. The summed E-state index contributed by atoms with van der Waals surface area (Å²) in [4.78, 5) is 24.5. The fraction of sp³-hybridized carbons (Fsp3) is 0.160. The minimum absolute atomic E-state index is 0.148. The molecule has 0 saturated carbocycles. The van der Waals surface area contributed by atoms with Gasteiger partial charge in [0.25, 0.3) is 11.8 Å². The molecular weight excluding hydrogens is 550 g/mol. The van der Waals surface area contributed by atoms with Gasteiger partial charge in [-0.15, -0.1) is 0 Å². The maximum absolute atomic E-state index is 12.3. The van der Waals surface area contributed by atoms with Gasteiger partial charge in [-0.25, -0.2) is 5.43 Å². The van der Waals surface area contributed by atoms with Gasteiger partial charge in [-0.1, -0.05) is 35.4 Å². The van der Waals surface area contributed by atoms with Crippen molar-refractivity contribution in [2.75, 3.05) is 11.9 Å². The number of hydrogen-bond donors (Lipinski definition) is 2. The predicted molar refractivity (Wildman–Crippen MR) is 138 cm³/mol. The molecule has 3 rings (SSSR count). The quantitative estimate of drug-likeness (QED) is 0.272. The minimum atomic E-state index is -0.292. The molecule has 0 fully saturated rings. The predicted octanol–water partition coefficient (Wildman–Crippen LogP) is 5.92. The Balaban J connectivity index is 1.58. The Morgan fingerprint density at radius 2 is 1.58 bits per heavy atom. The van der Waals surface area contributed by atoms with Crippen LogP contribution in [0.2, 0.25) is 0 Å². The molecule has 0 radical (unpaired) electrons. The lowest BCUT2D eigenvalue weighted by Crippen LogP contribution is -2.21. The molecule has 0 aliphatic rings. The van der Waals surface area contributed by atoms with Gasteiger partial charge in [-0.05, 0) is 94.1 Å². The third kappa shape index (κ3) is 7.00. The molecule has 3 aromatic carbocycles. The second-order valence-electron chi connectivity index (χ2n) is 7.53. The molecule has 2 amide bonds. The van der Waals surface area contributed by atoms with E-state index in [-0.39, 0.29) is 18.4 Å². The van der Waals surface area contributed by atoms with Crippen LogP contribution >= 0.6 is 31.9 Å². The number of hydrazone groups is 1. The van der Waals surface area contributed by atoms with Crippen LogP contribution in [0.5, 0.6) is 5.75 Å². The first-order valence-corrected chi connectivity index (χ1v) is 11.7. The van der Waals surface area contributed by atoms with Gasteiger partial charge < -0.3 is 10.1 Å². The number of anilines is 1. The zero-order valence-corrected chi connectivity index (χ0v) is 21.6. The second kappa shape index (κ2) is 11.2. The summed E-state index contributed by atoms with van der Waals surface area (Å²) in [6.45, 7) is 5.76. The lowest BCUT2D eigenvalue weighted by atomic mass is 10.1. The van der Waals surface area contributed by atoms with Gasteiger partial charge >= 0.3 is 0 Å². The van der Waals surface area contributed by atoms with Crippen molar-refractivity contribution >= 4 is 55.6 Å². The highest BCUT2D eigenvalue weighted by atomic mass is 79.9. The molecular formula is C25H23Br2N3O3. The Bertz CT molecular complexity index is 1190. The number of carbonyl (C=O) groups excluding carboxylic acids is 2. The number of halogens is 2. The molecule has 0 atom stereocenters. The van der Waals surface area contributed by atoms with Gasteiger partial charge in [-0.3, -0.25) is 9.59 Å². The number of nitrogens with one attached hydrogen (secondary N) is 2. The molecule has 0 bridgehead atoms. The molecule has 0 spiro atoms. The van der Waals surface area contributed by atoms with E-state index in [1.54, 1.807) is 24.3 Å². The van der Waals surface area contributed by atoms with Crippen LogP contribution in [0.25, 0.3) is 0 Å². The summed E-state index contributed by atoms with van der Waals surface area (Å²) in [5.74, 6) is -0.0593. The zero-order valence-electron chi connectivity index (χ0n) is 18.4. The molecule has 8 heteroatoms. The van der Waals surface area contributed by atoms with Crippen molar-refractivity contribution < 1.29 is 14.3 Å². The van der Waals surface area contributed by atoms with Crippen molar-refractivity contribution in [2.45, 2.75) is 20.8 Å². The number of carbonyl (C=O) groups is 2. The normalized spacial score (nSPS) is 10.8. The average Bonchev–Trinajstić information content (AvgIpc) is 2.75. The smallest absolute Gasteiger partial charge is 0.271 e. The molecule has 33 heavy (non-hydrogen) atoms. The number of amides is 2. The first-order chi connectivity index (χ1) is 15.7. The molecule has 170 valence electrons. The summed E-state index contributed by atoms with van der Waals surface area (Å²) in [7, 11) is 0. The van der Waals surface area contributed by atoms with Gasteiger partial charge in [0, 0.05) is 11.3 Å². The standard InChI is InChI=1S/C25H23Br2N3O3/c1-15-4-7-19(8-5-15)25(32)30-28-13-18-11-20(26)24(21(27)12-18)33-14-23(31)29-22-9-6-16(2)10-17(22)3/h4-13H,14H2,1-3H3,(H,29,31)(H,30,32)/b28-13+. The third-order valence-electron chi connectivity index (χ3n) is 4.72. The Morgan fingerprint density at radius 1 is 0.939 bits per heavy atom. The summed E-state index contributed by atoms with van der Waals surface area (Å²) < 4.78 is 6.99. The summed E-state index contributed by atoms with van der Waals surface area (Å²) in [6.07, 6.45) is 1.53. The average molecular weight is 573 g/mol. The summed E-state index contributed by atoms with van der Waals surface area (Å²) in [5.41, 5.74) is 7.72. The number of ether oxygens (including phenoxy) is 1. The Hall–Kier alpha value is -2.97. The van der Waals surface area contributed by atoms with Gasteiger partial charge in [0.1, 0.15) is 5.75 Å². The van der Waals surface area contributed by atoms with Gasteiger partial charge in [0.2, 0.25) is 0 Å². The number of hydrogen-bond acceptors (Lipinski definition) is 4. The first kappa shape index (κ1) is 24.7. The maximum atomic E-state index is 12.3. The number of nitrogens with zero attached hydrogens (tertiary/aromatic N) is 1. The van der Waals surface area contributed by atoms with E-state index in [4.69, 9.17) is 4.74 Å². The highest BCUT2D eigenvalue weighted by Crippen LogP contribution is 2.34. The topological polar surface area (TPSA) is 79.8 Å². The number of aryl methyl sites for hydroxylation is 3. The van der Waals surface area contributed by atoms with E-state index in [0.29, 0.717) is 20.3 Å². The van der Waals surface area contributed by atoms with E-state index in [2.05, 4.69) is 47.7 Å². The van der Waals surface area contributed by atoms with E-state index < -0.39 is 0 Å². The summed E-state index contributed by atoms with van der Waals surface area (Å²) >= 11 is 6.93. The molecule has 2 N–H and O–H groups in total. The molecule has 0 aliphatic carbocycles. The maximum Gasteiger partial charge on any atom is 0.271 e. The molecule has 0 saturated heterocycles. The fourth-order valence-electron chi connectivity index (χ4n) is 3.00. The second-order valence-corrected chi connectivity index (χ2v) is 9.24. The van der Waals surface area contributed by atoms with E-state index in [9.17, 15) is 9.59 Å². The number of benzene rings is 3. The zero-order chi connectivity index (χ0) is 24.0. The van der Waals surface area contributed by atoms with Crippen LogP contribution in [0, 0.1) is 20.8 Å². The van der Waals surface area contributed by atoms with Crippen molar-refractivity contribution in [1.82, 2.24) is 5.43 Å². The summed E-state index contributed by atoms with van der Waals surface area (Å²) in [6, 6.07) is 16.6. The fourth-order valence-corrected chi connectivity index (χ4v) is 4.46. The van der Waals surface area contributed by atoms with Crippen LogP contribution < -0.4 is 15.5 Å². The monoisotopic (exact) mass is 571 g/mol. The first-order valence-electron chi connectivity index (χ1n) is 10.1. The molecule has 6 nitrogen and oxygen atoms in total. The van der Waals surface area contributed by atoms with Crippen LogP contribution in [-0.4, -0.2) is 24.6 Å². The van der Waals surface area contributed by atoms with Crippen molar-refractivity contribution in [3.05, 3.63) is 91.4 Å². The van der Waals surface area contributed by atoms with Crippen LogP contribution in [-0.2, 0) is 4.79 Å². The van der Waals surface area contributed by atoms with Crippen molar-refractivity contribution in [3.8, 4) is 5.75 Å². The van der Waals surface area contributed by atoms with E-state index in [0.717, 1.165) is 27.9 Å². The van der Waals surface area contributed by atoms with Crippen LogP contribution in [0.4, 0.5) is 5.69 Å². The Morgan fingerprint density at radius 3 is 2.21 bits per heavy atom. The summed E-state index contributed by atoms with van der Waals surface area (Å²) in [5, 5.41) is 6.87. The highest BCUT2D eigenvalue weighted by molar-refractivity contribution is 9.11. The van der Waals surface area contributed by atoms with E-state index in [1.165, 1.54) is 6.21 Å². The Kier molecular flexibility index (Phi) is 8.41. The molecule has 0 unspecified atom stereocenters. The molecule has 0 heterocycles. The largest absolute Gasteiger partial charge is 0.481 e. The van der Waals surface area contributed by atoms with Gasteiger partial charge in [0.05, 0.1) is 15.2 Å². The van der Waals surface area contributed by atoms with Crippen molar-refractivity contribution in [2.24, 2.45) is 5.10 Å². The van der Waals surface area contributed by atoms with Crippen molar-refractivity contribution in [3.63, 3.8) is 0 Å². The molecule has 0 aromatic heterocycles. The van der Waals surface area contributed by atoms with E-state index in [1.807, 2.05) is 51.1 Å². The van der Waals surface area contributed by atoms with Crippen LogP contribution in [0.15, 0.2) is 68.6 Å². The van der Waals surface area contributed by atoms with E-state index >= 15 is 0 Å². The van der Waals surface area contributed by atoms with Crippen molar-refractivity contribution in [1.29, 1.82) is 0 Å². The van der Waals surface area contributed by atoms with Crippen LogP contribution in [0.3, 0.4) is 0 Å². The van der Waals surface area contributed by atoms with Gasteiger partial charge in [-0.2, -0.15) is 5.10 Å². The van der Waals surface area contributed by atoms with Crippen LogP contribution in [0.1, 0.15) is 32.6 Å². The van der Waals surface area contributed by atoms with Gasteiger partial charge in [0.15, 0.2) is 6.61 Å². The Labute approximate surface area is 209 Å². The number of rotatable bonds is 7. The lowest BCUT2D eigenvalue weighted by molar-refractivity contribution is -0.118. The highest BCUT2D eigenvalue weighted by Gasteiger charge is 2.12. The minimum Gasteiger partial charge on any atom is -0.481 e. The SMILES string of the molecule is Cc1ccc(C(=O)N/N=C/c2cc(Br)c(OCC(=O)Nc3ccc(C)cc3C)c(Br)c2)cc1. The molecule has 0 aliphatic heterocycles.